The van der Waals surface area contributed by atoms with E-state index in [1.54, 1.807) is 6.07 Å². The van der Waals surface area contributed by atoms with Crippen molar-refractivity contribution in [1.82, 2.24) is 4.98 Å². The molecule has 0 aliphatic carbocycles. The summed E-state index contributed by atoms with van der Waals surface area (Å²) in [6, 6.07) is 1.62. The predicted molar refractivity (Wildman–Crippen MR) is 49.6 cm³/mol. The number of hydrogen-bond donors (Lipinski definition) is 3. The van der Waals surface area contributed by atoms with Gasteiger partial charge in [0.05, 0.1) is 12.3 Å². The first-order valence-electron chi connectivity index (χ1n) is 3.59. The minimum Gasteiger partial charge on any atom is -0.396 e. The molecule has 0 unspecified atom stereocenters. The molecule has 0 aliphatic rings. The Kier molecular flexibility index (Phi) is 2.93. The predicted octanol–water partition coefficient (Wildman–Crippen LogP) is -1.14. The van der Waals surface area contributed by atoms with Crippen LogP contribution >= 0.6 is 0 Å². The molecule has 0 bridgehead atoms. The third-order valence-corrected chi connectivity index (χ3v) is 1.34. The van der Waals surface area contributed by atoms with Crippen molar-refractivity contribution >= 4 is 24.8 Å². The summed E-state index contributed by atoms with van der Waals surface area (Å²) in [6.45, 7) is 0.479. The van der Waals surface area contributed by atoms with Crippen LogP contribution in [-0.2, 0) is 0 Å². The largest absolute Gasteiger partial charge is 0.396 e. The standard InChI is InChI=1S/C7H10BN3O/c8-5-3-6(9)7(11-4-5)10-1-2-12/h3-4,12H,1-2,9H2,(H,10,11). The van der Waals surface area contributed by atoms with Crippen molar-refractivity contribution in [3.05, 3.63) is 12.3 Å². The third kappa shape index (κ3) is 2.13. The number of nitrogen functional groups attached to an aromatic ring is 1. The molecule has 1 heterocycles. The molecule has 0 saturated heterocycles. The van der Waals surface area contributed by atoms with E-state index in [1.165, 1.54) is 6.20 Å². The van der Waals surface area contributed by atoms with Gasteiger partial charge >= 0.3 is 0 Å². The lowest BCUT2D eigenvalue weighted by atomic mass is 9.98. The van der Waals surface area contributed by atoms with Crippen molar-refractivity contribution in [2.75, 3.05) is 24.2 Å². The van der Waals surface area contributed by atoms with Crippen molar-refractivity contribution in [3.63, 3.8) is 0 Å². The molecular weight excluding hydrogens is 153 g/mol. The van der Waals surface area contributed by atoms with Gasteiger partial charge in [-0.25, -0.2) is 4.98 Å². The van der Waals surface area contributed by atoms with Gasteiger partial charge in [-0.2, -0.15) is 0 Å². The van der Waals surface area contributed by atoms with Crippen molar-refractivity contribution in [1.29, 1.82) is 0 Å². The van der Waals surface area contributed by atoms with E-state index in [2.05, 4.69) is 10.3 Å². The van der Waals surface area contributed by atoms with Crippen LogP contribution in [0.5, 0.6) is 0 Å². The van der Waals surface area contributed by atoms with E-state index < -0.39 is 0 Å². The lowest BCUT2D eigenvalue weighted by Gasteiger charge is -2.06. The molecule has 5 heteroatoms. The van der Waals surface area contributed by atoms with Crippen LogP contribution in [0.1, 0.15) is 0 Å². The zero-order valence-corrected chi connectivity index (χ0v) is 6.62. The molecule has 0 aromatic carbocycles. The van der Waals surface area contributed by atoms with E-state index in [0.717, 1.165) is 0 Å². The zero-order valence-electron chi connectivity index (χ0n) is 6.62. The molecule has 4 nitrogen and oxygen atoms in total. The van der Waals surface area contributed by atoms with Gasteiger partial charge in [-0.3, -0.25) is 0 Å². The van der Waals surface area contributed by atoms with E-state index in [1.807, 2.05) is 0 Å². The maximum Gasteiger partial charge on any atom is 0.149 e. The number of aromatic nitrogens is 1. The number of pyridine rings is 1. The van der Waals surface area contributed by atoms with Crippen molar-refractivity contribution in [3.8, 4) is 0 Å². The second-order valence-electron chi connectivity index (χ2n) is 2.36. The normalized spacial score (nSPS) is 9.75. The average molecular weight is 163 g/mol. The van der Waals surface area contributed by atoms with Gasteiger partial charge in [0.2, 0.25) is 0 Å². The molecule has 2 radical (unpaired) electrons. The van der Waals surface area contributed by atoms with Crippen molar-refractivity contribution in [2.45, 2.75) is 0 Å². The molecule has 0 fully saturated rings. The Morgan fingerprint density at radius 1 is 1.67 bits per heavy atom. The summed E-state index contributed by atoms with van der Waals surface area (Å²) < 4.78 is 0. The van der Waals surface area contributed by atoms with Gasteiger partial charge in [-0.05, 0) is 6.07 Å². The van der Waals surface area contributed by atoms with Gasteiger partial charge in [0.1, 0.15) is 13.7 Å². The molecule has 1 rings (SSSR count). The van der Waals surface area contributed by atoms with Gasteiger partial charge in [-0.1, -0.05) is 5.46 Å². The molecule has 1 aromatic heterocycles. The summed E-state index contributed by atoms with van der Waals surface area (Å²) in [6.07, 6.45) is 1.51. The Morgan fingerprint density at radius 2 is 2.42 bits per heavy atom. The highest BCUT2D eigenvalue weighted by Gasteiger charge is 1.97. The first kappa shape index (κ1) is 8.87. The number of nitrogens with two attached hydrogens (primary N) is 1. The number of nitrogens with one attached hydrogen (secondary N) is 1. The Hall–Kier alpha value is -1.23. The summed E-state index contributed by atoms with van der Waals surface area (Å²) in [5.41, 5.74) is 6.59. The maximum atomic E-state index is 8.52. The van der Waals surface area contributed by atoms with Crippen LogP contribution in [0.4, 0.5) is 11.5 Å². The van der Waals surface area contributed by atoms with E-state index in [0.29, 0.717) is 23.5 Å². The van der Waals surface area contributed by atoms with Gasteiger partial charge in [-0.15, -0.1) is 0 Å². The van der Waals surface area contributed by atoms with Gasteiger partial charge < -0.3 is 16.2 Å². The molecule has 0 aliphatic heterocycles. The fraction of sp³-hybridized carbons (Fsp3) is 0.286. The number of aliphatic hydroxyl groups excluding tert-OH is 1. The molecule has 4 N–H and O–H groups in total. The number of nitrogens with zero attached hydrogens (tertiary/aromatic N) is 1. The van der Waals surface area contributed by atoms with E-state index >= 15 is 0 Å². The Balaban J connectivity index is 2.72. The minimum atomic E-state index is 0.0471. The van der Waals surface area contributed by atoms with E-state index in [-0.39, 0.29) is 6.61 Å². The van der Waals surface area contributed by atoms with Crippen LogP contribution in [0.15, 0.2) is 12.3 Å². The topological polar surface area (TPSA) is 71.2 Å². The average Bonchev–Trinajstić information content (AvgIpc) is 2.03. The fourth-order valence-corrected chi connectivity index (χ4v) is 0.821. The highest BCUT2D eigenvalue weighted by Crippen LogP contribution is 2.10. The monoisotopic (exact) mass is 163 g/mol. The van der Waals surface area contributed by atoms with Gasteiger partial charge in [0.25, 0.3) is 0 Å². The summed E-state index contributed by atoms with van der Waals surface area (Å²) in [7, 11) is 5.44. The quantitative estimate of drug-likeness (QED) is 0.492. The first-order chi connectivity index (χ1) is 5.74. The Labute approximate surface area is 72.2 Å². The lowest BCUT2D eigenvalue weighted by molar-refractivity contribution is 0.311. The molecule has 0 saturated carbocycles. The van der Waals surface area contributed by atoms with Crippen LogP contribution < -0.4 is 16.5 Å². The molecule has 0 spiro atoms. The van der Waals surface area contributed by atoms with Crippen LogP contribution in [0.2, 0.25) is 0 Å². The summed E-state index contributed by atoms with van der Waals surface area (Å²) in [5.74, 6) is 0.554. The molecule has 0 amide bonds. The Morgan fingerprint density at radius 3 is 3.00 bits per heavy atom. The number of rotatable bonds is 3. The van der Waals surface area contributed by atoms with Gasteiger partial charge in [0, 0.05) is 12.7 Å². The summed E-state index contributed by atoms with van der Waals surface area (Å²) in [4.78, 5) is 3.94. The number of aliphatic hydroxyl groups is 1. The number of anilines is 2. The van der Waals surface area contributed by atoms with Crippen molar-refractivity contribution < 1.29 is 5.11 Å². The van der Waals surface area contributed by atoms with E-state index in [4.69, 9.17) is 18.7 Å². The zero-order chi connectivity index (χ0) is 8.97. The van der Waals surface area contributed by atoms with E-state index in [9.17, 15) is 0 Å². The smallest absolute Gasteiger partial charge is 0.149 e. The van der Waals surface area contributed by atoms with Crippen LogP contribution in [0.25, 0.3) is 0 Å². The molecule has 0 atom stereocenters. The van der Waals surface area contributed by atoms with Crippen LogP contribution in [-0.4, -0.2) is 31.1 Å². The first-order valence-corrected chi connectivity index (χ1v) is 3.59. The lowest BCUT2D eigenvalue weighted by Crippen LogP contribution is -2.12. The number of hydrogen-bond acceptors (Lipinski definition) is 4. The highest BCUT2D eigenvalue weighted by atomic mass is 16.3. The fourth-order valence-electron chi connectivity index (χ4n) is 0.821. The molecule has 1 aromatic rings. The summed E-state index contributed by atoms with van der Waals surface area (Å²) in [5, 5.41) is 11.4. The Bertz CT molecular complexity index is 267. The van der Waals surface area contributed by atoms with Gasteiger partial charge in [0.15, 0.2) is 0 Å². The minimum absolute atomic E-state index is 0.0471. The maximum absolute atomic E-state index is 8.52. The molecule has 12 heavy (non-hydrogen) atoms. The van der Waals surface area contributed by atoms with Crippen molar-refractivity contribution in [2.24, 2.45) is 0 Å². The third-order valence-electron chi connectivity index (χ3n) is 1.34. The second-order valence-corrected chi connectivity index (χ2v) is 2.36. The molecule has 62 valence electrons. The summed E-state index contributed by atoms with van der Waals surface area (Å²) >= 11 is 0. The second kappa shape index (κ2) is 3.97. The van der Waals surface area contributed by atoms with Crippen LogP contribution in [0.3, 0.4) is 0 Å². The highest BCUT2D eigenvalue weighted by molar-refractivity contribution is 6.32. The molecular formula is C7H10BN3O. The van der Waals surface area contributed by atoms with Crippen LogP contribution in [0, 0.1) is 0 Å². The SMILES string of the molecule is [B]c1cnc(NCCO)c(N)c1.